The van der Waals surface area contributed by atoms with Gasteiger partial charge in [0, 0.05) is 25.6 Å². The molecule has 0 spiro atoms. The van der Waals surface area contributed by atoms with Crippen molar-refractivity contribution < 1.29 is 9.59 Å². The molecule has 1 fully saturated rings. The minimum atomic E-state index is -0.229. The lowest BCUT2D eigenvalue weighted by Crippen LogP contribution is -2.43. The van der Waals surface area contributed by atoms with Crippen LogP contribution in [0.1, 0.15) is 43.7 Å². The Morgan fingerprint density at radius 3 is 2.61 bits per heavy atom. The van der Waals surface area contributed by atoms with E-state index in [1.54, 1.807) is 4.90 Å². The van der Waals surface area contributed by atoms with Gasteiger partial charge in [-0.15, -0.1) is 12.4 Å². The van der Waals surface area contributed by atoms with E-state index in [1.807, 2.05) is 30.3 Å². The van der Waals surface area contributed by atoms with Crippen LogP contribution in [0.3, 0.4) is 0 Å². The molecule has 1 aliphatic heterocycles. The van der Waals surface area contributed by atoms with E-state index < -0.39 is 0 Å². The van der Waals surface area contributed by atoms with Gasteiger partial charge in [-0.05, 0) is 18.4 Å². The normalized spacial score (nSPS) is 16.7. The number of halogens is 1. The van der Waals surface area contributed by atoms with Gasteiger partial charge in [0.1, 0.15) is 0 Å². The van der Waals surface area contributed by atoms with Crippen LogP contribution in [0.2, 0.25) is 0 Å². The van der Waals surface area contributed by atoms with E-state index in [1.165, 1.54) is 0 Å². The molecule has 2 rings (SSSR count). The molecule has 1 atom stereocenters. The summed E-state index contributed by atoms with van der Waals surface area (Å²) in [6.45, 7) is 1.20. The number of hydrogen-bond acceptors (Lipinski definition) is 3. The number of nitrogens with one attached hydrogen (secondary N) is 1. The standard InChI is InChI=1S/C17H25N3O2.ClH/c18-15(14-8-4-3-5-9-14)12-19-16(21)13-20-11-7-2-1-6-10-17(20)22;/h3-5,8-9,15H,1-2,6-7,10-13,18H2,(H,19,21);1H. The maximum absolute atomic E-state index is 12.0. The number of benzene rings is 1. The summed E-state index contributed by atoms with van der Waals surface area (Å²) in [4.78, 5) is 25.7. The lowest BCUT2D eigenvalue weighted by atomic mass is 10.1. The number of likely N-dealkylation sites (tertiary alicyclic amines) is 1. The number of carbonyl (C=O) groups is 2. The average molecular weight is 340 g/mol. The van der Waals surface area contributed by atoms with Gasteiger partial charge in [-0.2, -0.15) is 0 Å². The lowest BCUT2D eigenvalue weighted by Gasteiger charge is -2.24. The molecule has 5 nitrogen and oxygen atoms in total. The van der Waals surface area contributed by atoms with Crippen molar-refractivity contribution in [1.29, 1.82) is 0 Å². The Balaban J connectivity index is 0.00000264. The van der Waals surface area contributed by atoms with Crippen molar-refractivity contribution in [3.05, 3.63) is 35.9 Å². The Labute approximate surface area is 144 Å². The van der Waals surface area contributed by atoms with Crippen molar-refractivity contribution in [3.63, 3.8) is 0 Å². The van der Waals surface area contributed by atoms with Gasteiger partial charge in [0.15, 0.2) is 0 Å². The zero-order chi connectivity index (χ0) is 15.8. The zero-order valence-electron chi connectivity index (χ0n) is 13.4. The smallest absolute Gasteiger partial charge is 0.239 e. The Bertz CT molecular complexity index is 496. The summed E-state index contributed by atoms with van der Waals surface area (Å²) < 4.78 is 0. The van der Waals surface area contributed by atoms with E-state index in [4.69, 9.17) is 5.73 Å². The molecule has 1 aromatic rings. The quantitative estimate of drug-likeness (QED) is 0.861. The number of rotatable bonds is 5. The molecule has 2 amide bonds. The number of nitrogens with zero attached hydrogens (tertiary/aromatic N) is 1. The summed E-state index contributed by atoms with van der Waals surface area (Å²) in [5.74, 6) is -0.0532. The van der Waals surface area contributed by atoms with E-state index in [9.17, 15) is 9.59 Å². The second-order valence-electron chi connectivity index (χ2n) is 5.80. The summed E-state index contributed by atoms with van der Waals surface area (Å²) in [7, 11) is 0. The fraction of sp³-hybridized carbons (Fsp3) is 0.529. The molecule has 0 radical (unpaired) electrons. The molecule has 1 unspecified atom stereocenters. The fourth-order valence-electron chi connectivity index (χ4n) is 2.65. The maximum atomic E-state index is 12.0. The van der Waals surface area contributed by atoms with E-state index in [-0.39, 0.29) is 36.8 Å². The average Bonchev–Trinajstić information content (AvgIpc) is 2.53. The van der Waals surface area contributed by atoms with Crippen LogP contribution in [0.4, 0.5) is 0 Å². The molecule has 128 valence electrons. The first kappa shape index (κ1) is 19.5. The van der Waals surface area contributed by atoms with Crippen LogP contribution >= 0.6 is 12.4 Å². The third-order valence-corrected chi connectivity index (χ3v) is 4.00. The van der Waals surface area contributed by atoms with E-state index >= 15 is 0 Å². The van der Waals surface area contributed by atoms with Gasteiger partial charge in [-0.3, -0.25) is 9.59 Å². The van der Waals surface area contributed by atoms with Crippen molar-refractivity contribution in [2.75, 3.05) is 19.6 Å². The summed E-state index contributed by atoms with van der Waals surface area (Å²) in [6, 6.07) is 9.44. The van der Waals surface area contributed by atoms with Crippen LogP contribution in [-0.2, 0) is 9.59 Å². The highest BCUT2D eigenvalue weighted by Gasteiger charge is 2.18. The molecule has 0 saturated carbocycles. The van der Waals surface area contributed by atoms with Gasteiger partial charge < -0.3 is 16.0 Å². The second kappa shape index (κ2) is 10.2. The lowest BCUT2D eigenvalue weighted by molar-refractivity contribution is -0.136. The molecule has 1 aliphatic rings. The molecule has 0 bridgehead atoms. The highest BCUT2D eigenvalue weighted by molar-refractivity contribution is 5.85. The van der Waals surface area contributed by atoms with E-state index in [0.29, 0.717) is 19.5 Å². The van der Waals surface area contributed by atoms with Crippen LogP contribution in [0.25, 0.3) is 0 Å². The molecule has 1 heterocycles. The highest BCUT2D eigenvalue weighted by atomic mass is 35.5. The van der Waals surface area contributed by atoms with Gasteiger partial charge in [-0.1, -0.05) is 43.2 Å². The molecular formula is C17H26ClN3O2. The highest BCUT2D eigenvalue weighted by Crippen LogP contribution is 2.11. The first-order valence-corrected chi connectivity index (χ1v) is 8.02. The predicted molar refractivity (Wildman–Crippen MR) is 93.3 cm³/mol. The van der Waals surface area contributed by atoms with Gasteiger partial charge in [0.25, 0.3) is 0 Å². The van der Waals surface area contributed by atoms with Crippen LogP contribution in [0.15, 0.2) is 30.3 Å². The first-order chi connectivity index (χ1) is 10.7. The number of nitrogens with two attached hydrogens (primary N) is 1. The summed E-state index contributed by atoms with van der Waals surface area (Å²) in [5, 5.41) is 2.83. The van der Waals surface area contributed by atoms with Crippen molar-refractivity contribution in [3.8, 4) is 0 Å². The van der Waals surface area contributed by atoms with Crippen LogP contribution in [0.5, 0.6) is 0 Å². The molecule has 23 heavy (non-hydrogen) atoms. The van der Waals surface area contributed by atoms with Crippen molar-refractivity contribution in [1.82, 2.24) is 10.2 Å². The monoisotopic (exact) mass is 339 g/mol. The molecule has 1 aromatic carbocycles. The van der Waals surface area contributed by atoms with Gasteiger partial charge in [-0.25, -0.2) is 0 Å². The van der Waals surface area contributed by atoms with Crippen molar-refractivity contribution in [2.24, 2.45) is 5.73 Å². The number of hydrogen-bond donors (Lipinski definition) is 2. The van der Waals surface area contributed by atoms with Gasteiger partial charge >= 0.3 is 0 Å². The second-order valence-corrected chi connectivity index (χ2v) is 5.80. The van der Waals surface area contributed by atoms with Crippen molar-refractivity contribution in [2.45, 2.75) is 38.1 Å². The van der Waals surface area contributed by atoms with E-state index in [0.717, 1.165) is 31.2 Å². The minimum absolute atomic E-state index is 0. The van der Waals surface area contributed by atoms with Crippen LogP contribution in [-0.4, -0.2) is 36.3 Å². The Hall–Kier alpha value is -1.59. The SMILES string of the molecule is Cl.NC(CNC(=O)CN1CCCCCCC1=O)c1ccccc1. The summed E-state index contributed by atoms with van der Waals surface area (Å²) >= 11 is 0. The fourth-order valence-corrected chi connectivity index (χ4v) is 2.65. The summed E-state index contributed by atoms with van der Waals surface area (Å²) in [5.41, 5.74) is 7.05. The largest absolute Gasteiger partial charge is 0.353 e. The molecule has 6 heteroatoms. The third kappa shape index (κ3) is 6.59. The number of amides is 2. The maximum Gasteiger partial charge on any atom is 0.239 e. The Morgan fingerprint density at radius 2 is 1.87 bits per heavy atom. The minimum Gasteiger partial charge on any atom is -0.353 e. The molecule has 1 saturated heterocycles. The van der Waals surface area contributed by atoms with Gasteiger partial charge in [0.2, 0.25) is 11.8 Å². The zero-order valence-corrected chi connectivity index (χ0v) is 14.2. The molecule has 0 aliphatic carbocycles. The van der Waals surface area contributed by atoms with Gasteiger partial charge in [0.05, 0.1) is 6.54 Å². The van der Waals surface area contributed by atoms with Crippen LogP contribution < -0.4 is 11.1 Å². The molecular weight excluding hydrogens is 314 g/mol. The Kier molecular flexibility index (Phi) is 8.66. The van der Waals surface area contributed by atoms with Crippen LogP contribution in [0, 0.1) is 0 Å². The topological polar surface area (TPSA) is 75.4 Å². The summed E-state index contributed by atoms with van der Waals surface area (Å²) in [6.07, 6.45) is 4.69. The third-order valence-electron chi connectivity index (χ3n) is 4.00. The number of carbonyl (C=O) groups excluding carboxylic acids is 2. The molecule has 3 N–H and O–H groups in total. The predicted octanol–water partition coefficient (Wildman–Crippen LogP) is 2.02. The first-order valence-electron chi connectivity index (χ1n) is 8.02. The molecule has 0 aromatic heterocycles. The Morgan fingerprint density at radius 1 is 1.17 bits per heavy atom. The van der Waals surface area contributed by atoms with Crippen molar-refractivity contribution >= 4 is 24.2 Å². The van der Waals surface area contributed by atoms with E-state index in [2.05, 4.69) is 5.32 Å².